The lowest BCUT2D eigenvalue weighted by Gasteiger charge is -2.41. The highest BCUT2D eigenvalue weighted by atomic mass is 28.4. The zero-order valence-electron chi connectivity index (χ0n) is 20.7. The van der Waals surface area contributed by atoms with Gasteiger partial charge in [-0.05, 0) is 56.5 Å². The molecule has 0 amide bonds. The number of aromatic nitrogens is 1. The predicted octanol–water partition coefficient (Wildman–Crippen LogP) is 6.06. The van der Waals surface area contributed by atoms with Crippen molar-refractivity contribution in [3.63, 3.8) is 0 Å². The van der Waals surface area contributed by atoms with Gasteiger partial charge in [0.25, 0.3) is 8.32 Å². The van der Waals surface area contributed by atoms with Crippen LogP contribution in [0.4, 0.5) is 5.69 Å². The Bertz CT molecular complexity index is 1440. The number of pyridine rings is 1. The van der Waals surface area contributed by atoms with E-state index in [4.69, 9.17) is 4.99 Å². The molecule has 5 aromatic rings. The van der Waals surface area contributed by atoms with Crippen molar-refractivity contribution >= 4 is 41.4 Å². The van der Waals surface area contributed by atoms with E-state index in [1.807, 2.05) is 60.8 Å². The molecule has 0 spiro atoms. The van der Waals surface area contributed by atoms with Gasteiger partial charge in [0.2, 0.25) is 0 Å². The summed E-state index contributed by atoms with van der Waals surface area (Å²) in [6.07, 6.45) is 6.17. The van der Waals surface area contributed by atoms with Crippen LogP contribution < -0.4 is 10.4 Å². The Balaban J connectivity index is 1.57. The summed E-state index contributed by atoms with van der Waals surface area (Å²) in [5.41, 5.74) is 3.17. The second-order valence-corrected chi connectivity index (χ2v) is 13.8. The van der Waals surface area contributed by atoms with Crippen LogP contribution in [0.3, 0.4) is 0 Å². The van der Waals surface area contributed by atoms with Crippen molar-refractivity contribution in [3.8, 4) is 0 Å². The summed E-state index contributed by atoms with van der Waals surface area (Å²) in [4.78, 5) is 21.5. The molecule has 178 valence electrons. The Morgan fingerprint density at radius 1 is 0.722 bits per heavy atom. The third-order valence-electron chi connectivity index (χ3n) is 7.04. The zero-order chi connectivity index (χ0) is 25.0. The first-order valence-corrected chi connectivity index (χ1v) is 14.2. The van der Waals surface area contributed by atoms with Crippen LogP contribution in [0.1, 0.15) is 25.0 Å². The first-order chi connectivity index (χ1) is 17.5. The molecule has 0 radical (unpaired) electrons. The molecule has 0 unspecified atom stereocenters. The van der Waals surface area contributed by atoms with Crippen LogP contribution in [0.15, 0.2) is 127 Å². The van der Waals surface area contributed by atoms with Crippen LogP contribution in [0, 0.1) is 0 Å². The minimum atomic E-state index is -3.11. The molecule has 4 heteroatoms. The monoisotopic (exact) mass is 486 g/mol. The molecule has 0 aliphatic carbocycles. The molecule has 3 nitrogen and oxygen atoms in total. The van der Waals surface area contributed by atoms with Crippen LogP contribution >= 0.6 is 0 Å². The van der Waals surface area contributed by atoms with Crippen LogP contribution in [0.25, 0.3) is 10.8 Å². The van der Waals surface area contributed by atoms with Gasteiger partial charge in [-0.15, -0.1) is 0 Å². The van der Waals surface area contributed by atoms with Crippen LogP contribution in [0.5, 0.6) is 0 Å². The Morgan fingerprint density at radius 3 is 1.94 bits per heavy atom. The molecule has 0 aliphatic rings. The molecular formula is C32H30N2OSi. The highest BCUT2D eigenvalue weighted by Gasteiger charge is 2.49. The summed E-state index contributed by atoms with van der Waals surface area (Å²) < 4.78 is 0. The van der Waals surface area contributed by atoms with Gasteiger partial charge in [0, 0.05) is 24.0 Å². The number of hydrogen-bond donors (Lipinski definition) is 1. The lowest BCUT2D eigenvalue weighted by atomic mass is 9.95. The molecule has 5 rings (SSSR count). The number of fused-ring (bicyclic) bond motifs is 1. The van der Waals surface area contributed by atoms with E-state index in [9.17, 15) is 4.80 Å². The van der Waals surface area contributed by atoms with Crippen LogP contribution in [-0.2, 0) is 6.42 Å². The third-order valence-corrected chi connectivity index (χ3v) is 11.5. The van der Waals surface area contributed by atoms with E-state index in [1.165, 1.54) is 10.9 Å². The maximum atomic E-state index is 12.6. The molecule has 0 saturated heterocycles. The van der Waals surface area contributed by atoms with Crippen molar-refractivity contribution in [1.29, 1.82) is 0 Å². The third kappa shape index (κ3) is 4.53. The zero-order valence-corrected chi connectivity index (χ0v) is 21.7. The number of nitrogens with zero attached hydrogens (tertiary/aromatic N) is 2. The fourth-order valence-electron chi connectivity index (χ4n) is 5.13. The number of rotatable bonds is 7. The fourth-order valence-corrected chi connectivity index (χ4v) is 8.82. The summed E-state index contributed by atoms with van der Waals surface area (Å²) in [5.74, 6) is 0. The van der Waals surface area contributed by atoms with Gasteiger partial charge < -0.3 is 4.80 Å². The van der Waals surface area contributed by atoms with Gasteiger partial charge in [-0.1, -0.05) is 105 Å². The van der Waals surface area contributed by atoms with Gasteiger partial charge in [-0.2, -0.15) is 0 Å². The highest BCUT2D eigenvalue weighted by molar-refractivity contribution is 6.98. The van der Waals surface area contributed by atoms with Gasteiger partial charge in [-0.3, -0.25) is 9.98 Å². The normalized spacial score (nSPS) is 12.3. The second kappa shape index (κ2) is 10.0. The summed E-state index contributed by atoms with van der Waals surface area (Å²) >= 11 is 0. The number of aliphatic imine (C=N–C) groups is 1. The first kappa shape index (κ1) is 23.9. The molecule has 0 fully saturated rings. The molecule has 0 bridgehead atoms. The Hall–Kier alpha value is -3.86. The van der Waals surface area contributed by atoms with Crippen molar-refractivity contribution in [2.75, 3.05) is 0 Å². The molecule has 1 aromatic heterocycles. The first-order valence-electron chi connectivity index (χ1n) is 12.3. The van der Waals surface area contributed by atoms with Crippen molar-refractivity contribution < 1.29 is 4.80 Å². The van der Waals surface area contributed by atoms with Crippen molar-refractivity contribution in [3.05, 3.63) is 133 Å². The summed E-state index contributed by atoms with van der Waals surface area (Å²) in [7, 11) is -3.11. The van der Waals surface area contributed by atoms with Gasteiger partial charge in [0.15, 0.2) is 0 Å². The van der Waals surface area contributed by atoms with Gasteiger partial charge in [0.1, 0.15) is 0 Å². The Labute approximate surface area is 214 Å². The van der Waals surface area contributed by atoms with E-state index in [0.29, 0.717) is 0 Å². The SMILES string of the molecule is CC(C)(Cc1cccc2c(N=Cc3ccncc3)cccc12)[Si](O)(c1ccccc1)c1ccccc1. The minimum absolute atomic E-state index is 0.375. The van der Waals surface area contributed by atoms with Gasteiger partial charge in [0.05, 0.1) is 5.69 Å². The minimum Gasteiger partial charge on any atom is -0.424 e. The highest BCUT2D eigenvalue weighted by Crippen LogP contribution is 2.41. The molecule has 4 aromatic carbocycles. The average Bonchev–Trinajstić information content (AvgIpc) is 2.93. The lowest BCUT2D eigenvalue weighted by molar-refractivity contribution is 0.485. The van der Waals surface area contributed by atoms with E-state index < -0.39 is 8.32 Å². The molecule has 1 N–H and O–H groups in total. The van der Waals surface area contributed by atoms with E-state index >= 15 is 0 Å². The van der Waals surface area contributed by atoms with Gasteiger partial charge in [-0.25, -0.2) is 0 Å². The second-order valence-electron chi connectivity index (χ2n) is 9.83. The summed E-state index contributed by atoms with van der Waals surface area (Å²) in [5, 5.41) is 3.97. The molecule has 36 heavy (non-hydrogen) atoms. The van der Waals surface area contributed by atoms with Gasteiger partial charge >= 0.3 is 0 Å². The standard InChI is InChI=1S/C32H30N2OSi/c1-32(2,36(35,27-12-5-3-6-13-27)28-14-7-4-8-15-28)23-26-11-9-17-30-29(26)16-10-18-31(30)34-24-25-19-21-33-22-20-25/h3-22,24,35H,23H2,1-2H3. The maximum absolute atomic E-state index is 12.6. The Morgan fingerprint density at radius 2 is 1.31 bits per heavy atom. The molecular weight excluding hydrogens is 456 g/mol. The quantitative estimate of drug-likeness (QED) is 0.224. The topological polar surface area (TPSA) is 45.5 Å². The molecule has 1 heterocycles. The van der Waals surface area contributed by atoms with Crippen molar-refractivity contribution in [1.82, 2.24) is 4.98 Å². The van der Waals surface area contributed by atoms with Crippen molar-refractivity contribution in [2.45, 2.75) is 25.3 Å². The molecule has 0 atom stereocenters. The summed E-state index contributed by atoms with van der Waals surface area (Å²) in [6.45, 7) is 4.42. The smallest absolute Gasteiger partial charge is 0.258 e. The number of hydrogen-bond acceptors (Lipinski definition) is 3. The van der Waals surface area contributed by atoms with E-state index in [1.54, 1.807) is 12.4 Å². The van der Waals surface area contributed by atoms with Crippen LogP contribution in [-0.4, -0.2) is 24.3 Å². The predicted molar refractivity (Wildman–Crippen MR) is 153 cm³/mol. The average molecular weight is 487 g/mol. The lowest BCUT2D eigenvalue weighted by Crippen LogP contribution is -2.65. The summed E-state index contributed by atoms with van der Waals surface area (Å²) in [6, 6.07) is 37.0. The Kier molecular flexibility index (Phi) is 6.64. The van der Waals surface area contributed by atoms with E-state index in [-0.39, 0.29) is 5.04 Å². The fraction of sp³-hybridized carbons (Fsp3) is 0.125. The van der Waals surface area contributed by atoms with E-state index in [0.717, 1.165) is 33.4 Å². The molecule has 0 saturated carbocycles. The van der Waals surface area contributed by atoms with Crippen LogP contribution in [0.2, 0.25) is 5.04 Å². The number of benzene rings is 4. The maximum Gasteiger partial charge on any atom is 0.258 e. The molecule has 0 aliphatic heterocycles. The largest absolute Gasteiger partial charge is 0.424 e. The van der Waals surface area contributed by atoms with E-state index in [2.05, 4.69) is 73.4 Å². The van der Waals surface area contributed by atoms with Crippen molar-refractivity contribution in [2.24, 2.45) is 4.99 Å².